The first kappa shape index (κ1) is 15.4. The summed E-state index contributed by atoms with van der Waals surface area (Å²) < 4.78 is 31.4. The van der Waals surface area contributed by atoms with Crippen molar-refractivity contribution in [3.05, 3.63) is 70.0 Å². The average Bonchev–Trinajstić information content (AvgIpc) is 2.56. The zero-order valence-electron chi connectivity index (χ0n) is 13.1. The van der Waals surface area contributed by atoms with Gasteiger partial charge in [0.05, 0.1) is 16.5 Å². The highest BCUT2D eigenvalue weighted by Gasteiger charge is 2.20. The molecule has 2 nitrogen and oxygen atoms in total. The molecule has 4 heteroatoms. The molecule has 23 heavy (non-hydrogen) atoms. The SMILES string of the molecule is CCc1cc(=O)c2cc(F)c(-c3ccccc3)c(F)c2n1CC. The molecule has 0 radical (unpaired) electrons. The van der Waals surface area contributed by atoms with E-state index in [1.54, 1.807) is 34.9 Å². The normalized spacial score (nSPS) is 11.1. The maximum Gasteiger partial charge on any atom is 0.189 e. The van der Waals surface area contributed by atoms with Crippen LogP contribution in [0.25, 0.3) is 22.0 Å². The summed E-state index contributed by atoms with van der Waals surface area (Å²) in [7, 11) is 0. The van der Waals surface area contributed by atoms with Gasteiger partial charge < -0.3 is 4.57 Å². The first-order valence-corrected chi connectivity index (χ1v) is 7.68. The number of rotatable bonds is 3. The zero-order valence-corrected chi connectivity index (χ0v) is 13.1. The molecule has 0 atom stereocenters. The molecule has 0 spiro atoms. The zero-order chi connectivity index (χ0) is 16.6. The lowest BCUT2D eigenvalue weighted by molar-refractivity contribution is 0.588. The van der Waals surface area contributed by atoms with Crippen LogP contribution in [0.5, 0.6) is 0 Å². The van der Waals surface area contributed by atoms with Crippen LogP contribution in [-0.2, 0) is 13.0 Å². The summed E-state index contributed by atoms with van der Waals surface area (Å²) in [6, 6.07) is 11.2. The molecule has 0 N–H and O–H groups in total. The van der Waals surface area contributed by atoms with E-state index in [-0.39, 0.29) is 21.9 Å². The summed E-state index contributed by atoms with van der Waals surface area (Å²) in [5, 5.41) is 0.0822. The van der Waals surface area contributed by atoms with E-state index in [9.17, 15) is 9.18 Å². The van der Waals surface area contributed by atoms with E-state index in [1.165, 1.54) is 6.07 Å². The highest BCUT2D eigenvalue weighted by Crippen LogP contribution is 2.31. The Balaban J connectivity index is 2.49. The van der Waals surface area contributed by atoms with Gasteiger partial charge in [-0.1, -0.05) is 37.3 Å². The predicted molar refractivity (Wildman–Crippen MR) is 88.6 cm³/mol. The minimum Gasteiger partial charge on any atom is -0.342 e. The van der Waals surface area contributed by atoms with Gasteiger partial charge in [-0.25, -0.2) is 8.78 Å². The van der Waals surface area contributed by atoms with E-state index in [0.29, 0.717) is 18.5 Å². The fourth-order valence-corrected chi connectivity index (χ4v) is 3.03. The lowest BCUT2D eigenvalue weighted by atomic mass is 10.0. The van der Waals surface area contributed by atoms with E-state index < -0.39 is 11.6 Å². The van der Waals surface area contributed by atoms with Gasteiger partial charge in [0.15, 0.2) is 11.2 Å². The Labute approximate surface area is 133 Å². The topological polar surface area (TPSA) is 22.0 Å². The Morgan fingerprint density at radius 1 is 1.04 bits per heavy atom. The first-order valence-electron chi connectivity index (χ1n) is 7.68. The summed E-state index contributed by atoms with van der Waals surface area (Å²) >= 11 is 0. The number of pyridine rings is 1. The fraction of sp³-hybridized carbons (Fsp3) is 0.211. The van der Waals surface area contributed by atoms with Gasteiger partial charge >= 0.3 is 0 Å². The summed E-state index contributed by atoms with van der Waals surface area (Å²) in [5.74, 6) is -1.40. The van der Waals surface area contributed by atoms with Crippen LogP contribution in [0.4, 0.5) is 8.78 Å². The molecule has 0 bridgehead atoms. The number of aryl methyl sites for hydroxylation is 2. The number of halogens is 2. The Kier molecular flexibility index (Phi) is 3.99. The summed E-state index contributed by atoms with van der Waals surface area (Å²) in [6.45, 7) is 4.30. The molecule has 0 unspecified atom stereocenters. The second kappa shape index (κ2) is 5.95. The van der Waals surface area contributed by atoms with E-state index in [4.69, 9.17) is 0 Å². The average molecular weight is 313 g/mol. The van der Waals surface area contributed by atoms with E-state index in [0.717, 1.165) is 11.8 Å². The maximum absolute atomic E-state index is 15.2. The Hall–Kier alpha value is -2.49. The number of nitrogens with zero attached hydrogens (tertiary/aromatic N) is 1. The van der Waals surface area contributed by atoms with Crippen LogP contribution in [0, 0.1) is 11.6 Å². The van der Waals surface area contributed by atoms with Gasteiger partial charge in [0.1, 0.15) is 5.82 Å². The number of aromatic nitrogens is 1. The predicted octanol–water partition coefficient (Wildman–Crippen LogP) is 4.53. The lowest BCUT2D eigenvalue weighted by Crippen LogP contribution is -2.15. The molecule has 0 saturated carbocycles. The van der Waals surface area contributed by atoms with E-state index in [2.05, 4.69) is 0 Å². The molecule has 0 aliphatic carbocycles. The Morgan fingerprint density at radius 2 is 1.74 bits per heavy atom. The smallest absolute Gasteiger partial charge is 0.189 e. The monoisotopic (exact) mass is 313 g/mol. The second-order valence-corrected chi connectivity index (χ2v) is 5.41. The van der Waals surface area contributed by atoms with E-state index in [1.807, 2.05) is 13.8 Å². The fourth-order valence-electron chi connectivity index (χ4n) is 3.03. The van der Waals surface area contributed by atoms with Gasteiger partial charge in [-0.3, -0.25) is 4.79 Å². The van der Waals surface area contributed by atoms with Crippen molar-refractivity contribution < 1.29 is 8.78 Å². The third-order valence-electron chi connectivity index (χ3n) is 4.11. The summed E-state index contributed by atoms with van der Waals surface area (Å²) in [6.07, 6.45) is 0.608. The van der Waals surface area contributed by atoms with Gasteiger partial charge in [0.25, 0.3) is 0 Å². The number of hydrogen-bond donors (Lipinski definition) is 0. The van der Waals surface area contributed by atoms with Crippen molar-refractivity contribution in [3.8, 4) is 11.1 Å². The standard InChI is InChI=1S/C19H17F2NO/c1-3-13-10-16(23)14-11-15(20)17(12-8-6-5-7-9-12)18(21)19(14)22(13)4-2/h5-11H,3-4H2,1-2H3. The van der Waals surface area contributed by atoms with Gasteiger partial charge in [-0.2, -0.15) is 0 Å². The van der Waals surface area contributed by atoms with Crippen LogP contribution in [0.2, 0.25) is 0 Å². The molecule has 1 aromatic heterocycles. The molecule has 118 valence electrons. The van der Waals surface area contributed by atoms with Crippen LogP contribution in [0.3, 0.4) is 0 Å². The first-order chi connectivity index (χ1) is 11.1. The molecule has 0 fully saturated rings. The summed E-state index contributed by atoms with van der Waals surface area (Å²) in [4.78, 5) is 12.2. The molecule has 3 aromatic rings. The number of fused-ring (bicyclic) bond motifs is 1. The van der Waals surface area contributed by atoms with Crippen molar-refractivity contribution >= 4 is 10.9 Å². The van der Waals surface area contributed by atoms with Gasteiger partial charge in [-0.05, 0) is 25.0 Å². The third-order valence-corrected chi connectivity index (χ3v) is 4.11. The summed E-state index contributed by atoms with van der Waals surface area (Å²) in [5.41, 5.74) is 0.944. The third kappa shape index (κ3) is 2.44. The van der Waals surface area contributed by atoms with Crippen LogP contribution >= 0.6 is 0 Å². The molecule has 0 amide bonds. The second-order valence-electron chi connectivity index (χ2n) is 5.41. The number of benzene rings is 2. The number of hydrogen-bond acceptors (Lipinski definition) is 1. The lowest BCUT2D eigenvalue weighted by Gasteiger charge is -2.17. The quantitative estimate of drug-likeness (QED) is 0.696. The van der Waals surface area contributed by atoms with Crippen molar-refractivity contribution in [1.29, 1.82) is 0 Å². The van der Waals surface area contributed by atoms with Crippen LogP contribution in [-0.4, -0.2) is 4.57 Å². The van der Waals surface area contributed by atoms with Crippen molar-refractivity contribution in [2.45, 2.75) is 26.8 Å². The highest BCUT2D eigenvalue weighted by molar-refractivity contribution is 5.86. The highest BCUT2D eigenvalue weighted by atomic mass is 19.1. The molecular weight excluding hydrogens is 296 g/mol. The van der Waals surface area contributed by atoms with Crippen molar-refractivity contribution in [2.24, 2.45) is 0 Å². The van der Waals surface area contributed by atoms with Gasteiger partial charge in [0.2, 0.25) is 0 Å². The Bertz CT molecular complexity index is 930. The van der Waals surface area contributed by atoms with Gasteiger partial charge in [-0.15, -0.1) is 0 Å². The minimum absolute atomic E-state index is 0.0822. The van der Waals surface area contributed by atoms with Crippen molar-refractivity contribution in [1.82, 2.24) is 4.57 Å². The Morgan fingerprint density at radius 3 is 2.35 bits per heavy atom. The maximum atomic E-state index is 15.2. The molecular formula is C19H17F2NO. The van der Waals surface area contributed by atoms with Crippen LogP contribution in [0.1, 0.15) is 19.5 Å². The van der Waals surface area contributed by atoms with Crippen molar-refractivity contribution in [2.75, 3.05) is 0 Å². The molecule has 2 aromatic carbocycles. The molecule has 3 rings (SSSR count). The minimum atomic E-state index is -0.717. The molecule has 0 saturated heterocycles. The van der Waals surface area contributed by atoms with Crippen LogP contribution < -0.4 is 5.43 Å². The van der Waals surface area contributed by atoms with E-state index >= 15 is 4.39 Å². The molecule has 0 aliphatic heterocycles. The van der Waals surface area contributed by atoms with Gasteiger partial charge in [0, 0.05) is 18.3 Å². The van der Waals surface area contributed by atoms with Crippen LogP contribution in [0.15, 0.2) is 47.3 Å². The van der Waals surface area contributed by atoms with Crippen molar-refractivity contribution in [3.63, 3.8) is 0 Å². The molecule has 0 aliphatic rings. The largest absolute Gasteiger partial charge is 0.342 e. The molecule has 1 heterocycles.